The zero-order valence-electron chi connectivity index (χ0n) is 8.82. The summed E-state index contributed by atoms with van der Waals surface area (Å²) >= 11 is 0. The van der Waals surface area contributed by atoms with E-state index in [2.05, 4.69) is 10.6 Å². The van der Waals surface area contributed by atoms with Crippen LogP contribution in [-0.2, 0) is 4.79 Å². The first kappa shape index (κ1) is 11.0. The predicted molar refractivity (Wildman–Crippen MR) is 58.5 cm³/mol. The fourth-order valence-electron chi connectivity index (χ4n) is 1.45. The van der Waals surface area contributed by atoms with Gasteiger partial charge in [0.1, 0.15) is 12.3 Å². The third-order valence-corrected chi connectivity index (χ3v) is 2.20. The Morgan fingerprint density at radius 2 is 2.41 bits per heavy atom. The standard InChI is InChI=1S/C11H9N3O3/c12-3-4-13-11(16)7-1-2-9-8(5-7)14-10(15)6-17-9/h1-2,5H,4,6H2,(H,13,16)(H,14,15). The Balaban J connectivity index is 2.21. The van der Waals surface area contributed by atoms with E-state index >= 15 is 0 Å². The lowest BCUT2D eigenvalue weighted by Gasteiger charge is -2.18. The molecule has 6 heteroatoms. The molecule has 0 aliphatic carbocycles. The molecule has 1 aliphatic rings. The van der Waals surface area contributed by atoms with Gasteiger partial charge in [-0.2, -0.15) is 5.26 Å². The van der Waals surface area contributed by atoms with Gasteiger partial charge in [0.05, 0.1) is 11.8 Å². The van der Waals surface area contributed by atoms with Gasteiger partial charge in [-0.3, -0.25) is 9.59 Å². The molecular formula is C11H9N3O3. The van der Waals surface area contributed by atoms with Crippen molar-refractivity contribution in [3.05, 3.63) is 23.8 Å². The average Bonchev–Trinajstić information content (AvgIpc) is 2.35. The molecule has 0 radical (unpaired) electrons. The first-order valence-electron chi connectivity index (χ1n) is 4.92. The number of fused-ring (bicyclic) bond motifs is 1. The Labute approximate surface area is 97.2 Å². The third-order valence-electron chi connectivity index (χ3n) is 2.20. The van der Waals surface area contributed by atoms with Crippen molar-refractivity contribution in [2.75, 3.05) is 18.5 Å². The van der Waals surface area contributed by atoms with Gasteiger partial charge in [0, 0.05) is 5.56 Å². The summed E-state index contributed by atoms with van der Waals surface area (Å²) in [6, 6.07) is 6.50. The summed E-state index contributed by atoms with van der Waals surface area (Å²) in [5.74, 6) is -0.0947. The van der Waals surface area contributed by atoms with Crippen molar-refractivity contribution >= 4 is 17.5 Å². The number of carbonyl (C=O) groups excluding carboxylic acids is 2. The van der Waals surface area contributed by atoms with E-state index in [-0.39, 0.29) is 25.0 Å². The Morgan fingerprint density at radius 1 is 1.59 bits per heavy atom. The molecule has 2 amide bonds. The Morgan fingerprint density at radius 3 is 3.18 bits per heavy atom. The second-order valence-electron chi connectivity index (χ2n) is 3.39. The van der Waals surface area contributed by atoms with E-state index in [1.807, 2.05) is 6.07 Å². The Bertz CT molecular complexity index is 519. The third kappa shape index (κ3) is 2.34. The molecule has 2 N–H and O–H groups in total. The SMILES string of the molecule is N#CCNC(=O)c1ccc2c(c1)NC(=O)CO2. The molecule has 1 aromatic rings. The molecule has 0 atom stereocenters. The number of nitrogens with zero attached hydrogens (tertiary/aromatic N) is 1. The number of hydrogen-bond acceptors (Lipinski definition) is 4. The summed E-state index contributed by atoms with van der Waals surface area (Å²) in [6.07, 6.45) is 0. The molecule has 6 nitrogen and oxygen atoms in total. The highest BCUT2D eigenvalue weighted by molar-refractivity contribution is 5.99. The topological polar surface area (TPSA) is 91.2 Å². The number of hydrogen-bond donors (Lipinski definition) is 2. The summed E-state index contributed by atoms with van der Waals surface area (Å²) < 4.78 is 5.16. The highest BCUT2D eigenvalue weighted by Crippen LogP contribution is 2.28. The number of nitrogens with one attached hydrogen (secondary N) is 2. The van der Waals surface area contributed by atoms with Gasteiger partial charge < -0.3 is 15.4 Å². The van der Waals surface area contributed by atoms with Gasteiger partial charge in [0.2, 0.25) is 0 Å². The molecule has 1 heterocycles. The van der Waals surface area contributed by atoms with Gasteiger partial charge in [-0.1, -0.05) is 0 Å². The molecule has 17 heavy (non-hydrogen) atoms. The molecule has 86 valence electrons. The zero-order chi connectivity index (χ0) is 12.3. The van der Waals surface area contributed by atoms with Gasteiger partial charge in [-0.05, 0) is 18.2 Å². The minimum Gasteiger partial charge on any atom is -0.482 e. The second-order valence-corrected chi connectivity index (χ2v) is 3.39. The number of carbonyl (C=O) groups is 2. The van der Waals surface area contributed by atoms with Crippen LogP contribution in [0.5, 0.6) is 5.75 Å². The van der Waals surface area contributed by atoms with Crippen LogP contribution in [0.1, 0.15) is 10.4 Å². The van der Waals surface area contributed by atoms with E-state index in [9.17, 15) is 9.59 Å². The van der Waals surface area contributed by atoms with Crippen molar-refractivity contribution in [3.8, 4) is 11.8 Å². The van der Waals surface area contributed by atoms with E-state index in [1.54, 1.807) is 12.1 Å². The van der Waals surface area contributed by atoms with Crippen molar-refractivity contribution in [2.24, 2.45) is 0 Å². The van der Waals surface area contributed by atoms with Crippen LogP contribution in [-0.4, -0.2) is 25.0 Å². The molecule has 0 saturated heterocycles. The highest BCUT2D eigenvalue weighted by atomic mass is 16.5. The number of amides is 2. The number of ether oxygens (including phenoxy) is 1. The van der Waals surface area contributed by atoms with Crippen LogP contribution in [0.4, 0.5) is 5.69 Å². The quantitative estimate of drug-likeness (QED) is 0.715. The molecule has 2 rings (SSSR count). The maximum atomic E-state index is 11.6. The molecule has 0 spiro atoms. The van der Waals surface area contributed by atoms with Gasteiger partial charge >= 0.3 is 0 Å². The maximum Gasteiger partial charge on any atom is 0.262 e. The first-order chi connectivity index (χ1) is 8.20. The van der Waals surface area contributed by atoms with Crippen molar-refractivity contribution < 1.29 is 14.3 Å². The van der Waals surface area contributed by atoms with Crippen LogP contribution in [0.15, 0.2) is 18.2 Å². The van der Waals surface area contributed by atoms with Crippen LogP contribution in [0.25, 0.3) is 0 Å². The summed E-state index contributed by atoms with van der Waals surface area (Å²) in [7, 11) is 0. The fraction of sp³-hybridized carbons (Fsp3) is 0.182. The van der Waals surface area contributed by atoms with E-state index in [0.29, 0.717) is 17.0 Å². The lowest BCUT2D eigenvalue weighted by atomic mass is 10.1. The average molecular weight is 231 g/mol. The van der Waals surface area contributed by atoms with Gasteiger partial charge in [-0.25, -0.2) is 0 Å². The first-order valence-corrected chi connectivity index (χ1v) is 4.92. The number of benzene rings is 1. The Hall–Kier alpha value is -2.55. The number of anilines is 1. The molecule has 0 unspecified atom stereocenters. The molecule has 1 aromatic carbocycles. The van der Waals surface area contributed by atoms with Crippen molar-refractivity contribution in [1.29, 1.82) is 5.26 Å². The predicted octanol–water partition coefficient (Wildman–Crippen LogP) is 0.271. The van der Waals surface area contributed by atoms with Crippen LogP contribution in [0.2, 0.25) is 0 Å². The fourth-order valence-corrected chi connectivity index (χ4v) is 1.45. The van der Waals surface area contributed by atoms with Crippen molar-refractivity contribution in [2.45, 2.75) is 0 Å². The molecular weight excluding hydrogens is 222 g/mol. The molecule has 0 saturated carbocycles. The van der Waals surface area contributed by atoms with Crippen LogP contribution in [0.3, 0.4) is 0 Å². The Kier molecular flexibility index (Phi) is 2.92. The molecule has 0 aromatic heterocycles. The highest BCUT2D eigenvalue weighted by Gasteiger charge is 2.17. The smallest absolute Gasteiger partial charge is 0.262 e. The molecule has 1 aliphatic heterocycles. The van der Waals surface area contributed by atoms with Gasteiger partial charge in [-0.15, -0.1) is 0 Å². The molecule has 0 bridgehead atoms. The second kappa shape index (κ2) is 4.53. The van der Waals surface area contributed by atoms with E-state index < -0.39 is 0 Å². The van der Waals surface area contributed by atoms with Crippen molar-refractivity contribution in [1.82, 2.24) is 5.32 Å². The monoisotopic (exact) mass is 231 g/mol. The summed E-state index contributed by atoms with van der Waals surface area (Å²) in [5, 5.41) is 13.4. The van der Waals surface area contributed by atoms with E-state index in [4.69, 9.17) is 10.00 Å². The maximum absolute atomic E-state index is 11.6. The van der Waals surface area contributed by atoms with Gasteiger partial charge in [0.25, 0.3) is 11.8 Å². The minimum atomic E-state index is -0.367. The summed E-state index contributed by atoms with van der Waals surface area (Å²) in [6.45, 7) is -0.0776. The van der Waals surface area contributed by atoms with E-state index in [1.165, 1.54) is 6.07 Å². The summed E-state index contributed by atoms with van der Waals surface area (Å²) in [4.78, 5) is 22.7. The van der Waals surface area contributed by atoms with Crippen LogP contribution < -0.4 is 15.4 Å². The normalized spacial score (nSPS) is 12.8. The zero-order valence-corrected chi connectivity index (χ0v) is 8.82. The van der Waals surface area contributed by atoms with E-state index in [0.717, 1.165) is 0 Å². The lowest BCUT2D eigenvalue weighted by molar-refractivity contribution is -0.118. The van der Waals surface area contributed by atoms with Crippen LogP contribution >= 0.6 is 0 Å². The van der Waals surface area contributed by atoms with Crippen molar-refractivity contribution in [3.63, 3.8) is 0 Å². The lowest BCUT2D eigenvalue weighted by Crippen LogP contribution is -2.27. The summed E-state index contributed by atoms with van der Waals surface area (Å²) in [5.41, 5.74) is 0.829. The van der Waals surface area contributed by atoms with Crippen LogP contribution in [0, 0.1) is 11.3 Å². The minimum absolute atomic E-state index is 0.0209. The molecule has 0 fully saturated rings. The number of nitriles is 1. The van der Waals surface area contributed by atoms with Gasteiger partial charge in [0.15, 0.2) is 6.61 Å². The largest absolute Gasteiger partial charge is 0.482 e. The number of rotatable bonds is 2.